The first kappa shape index (κ1) is 12.4. The standard InChI is InChI=1S/C17H18FN/c1-12(13-5-3-2-4-6-13)19-17-10-7-14-11-15(18)8-9-16(14)17/h2-6,8-9,11-12,17,19H,7,10H2,1H3/t12-,17?/m0/s1. The van der Waals surface area contributed by atoms with Crippen molar-refractivity contribution < 1.29 is 4.39 Å². The number of hydrogen-bond acceptors (Lipinski definition) is 1. The summed E-state index contributed by atoms with van der Waals surface area (Å²) < 4.78 is 13.2. The van der Waals surface area contributed by atoms with Crippen molar-refractivity contribution in [3.63, 3.8) is 0 Å². The molecule has 1 aliphatic rings. The largest absolute Gasteiger partial charge is 0.303 e. The summed E-state index contributed by atoms with van der Waals surface area (Å²) in [4.78, 5) is 0. The average Bonchev–Trinajstić information content (AvgIpc) is 2.82. The van der Waals surface area contributed by atoms with Crippen LogP contribution in [0.15, 0.2) is 48.5 Å². The molecule has 2 atom stereocenters. The molecule has 19 heavy (non-hydrogen) atoms. The van der Waals surface area contributed by atoms with Gasteiger partial charge in [-0.1, -0.05) is 36.4 Å². The van der Waals surface area contributed by atoms with Crippen LogP contribution in [0.1, 0.15) is 42.1 Å². The minimum absolute atomic E-state index is 0.129. The molecular weight excluding hydrogens is 237 g/mol. The van der Waals surface area contributed by atoms with Crippen molar-refractivity contribution in [3.8, 4) is 0 Å². The number of nitrogens with one attached hydrogen (secondary N) is 1. The van der Waals surface area contributed by atoms with Crippen molar-refractivity contribution in [3.05, 3.63) is 71.0 Å². The third kappa shape index (κ3) is 2.54. The fraction of sp³-hybridized carbons (Fsp3) is 0.294. The molecule has 0 saturated heterocycles. The van der Waals surface area contributed by atoms with Crippen molar-refractivity contribution in [1.29, 1.82) is 0 Å². The Morgan fingerprint density at radius 2 is 1.95 bits per heavy atom. The van der Waals surface area contributed by atoms with E-state index < -0.39 is 0 Å². The van der Waals surface area contributed by atoms with Gasteiger partial charge in [-0.2, -0.15) is 0 Å². The highest BCUT2D eigenvalue weighted by Gasteiger charge is 2.24. The second-order valence-electron chi connectivity index (χ2n) is 5.23. The topological polar surface area (TPSA) is 12.0 Å². The summed E-state index contributed by atoms with van der Waals surface area (Å²) in [6.07, 6.45) is 2.02. The number of benzene rings is 2. The highest BCUT2D eigenvalue weighted by Crippen LogP contribution is 2.33. The van der Waals surface area contributed by atoms with Crippen LogP contribution >= 0.6 is 0 Å². The third-order valence-electron chi connectivity index (χ3n) is 3.93. The molecule has 0 fully saturated rings. The van der Waals surface area contributed by atoms with Gasteiger partial charge in [0, 0.05) is 12.1 Å². The molecule has 0 saturated carbocycles. The summed E-state index contributed by atoms with van der Waals surface area (Å²) in [5, 5.41) is 3.65. The number of aryl methyl sites for hydroxylation is 1. The molecule has 0 bridgehead atoms. The summed E-state index contributed by atoms with van der Waals surface area (Å²) >= 11 is 0. The Kier molecular flexibility index (Phi) is 3.34. The van der Waals surface area contributed by atoms with Crippen LogP contribution in [0.3, 0.4) is 0 Å². The molecule has 0 aromatic heterocycles. The number of fused-ring (bicyclic) bond motifs is 1. The fourth-order valence-electron chi connectivity index (χ4n) is 2.90. The lowest BCUT2D eigenvalue weighted by molar-refractivity contribution is 0.465. The van der Waals surface area contributed by atoms with E-state index in [1.807, 2.05) is 12.1 Å². The molecule has 3 rings (SSSR count). The molecule has 0 aliphatic heterocycles. The maximum atomic E-state index is 13.2. The van der Waals surface area contributed by atoms with Gasteiger partial charge in [0.25, 0.3) is 0 Å². The number of halogens is 1. The summed E-state index contributed by atoms with van der Waals surface area (Å²) in [6.45, 7) is 2.18. The summed E-state index contributed by atoms with van der Waals surface area (Å²) in [6, 6.07) is 16.2. The highest BCUT2D eigenvalue weighted by molar-refractivity contribution is 5.35. The van der Waals surface area contributed by atoms with E-state index >= 15 is 0 Å². The quantitative estimate of drug-likeness (QED) is 0.868. The molecule has 0 heterocycles. The van der Waals surface area contributed by atoms with Crippen LogP contribution in [-0.4, -0.2) is 0 Å². The molecule has 0 spiro atoms. The molecule has 2 aromatic carbocycles. The van der Waals surface area contributed by atoms with Crippen LogP contribution in [0.5, 0.6) is 0 Å². The van der Waals surface area contributed by atoms with Crippen LogP contribution in [0.4, 0.5) is 4.39 Å². The molecule has 0 amide bonds. The molecule has 98 valence electrons. The zero-order valence-corrected chi connectivity index (χ0v) is 11.1. The van der Waals surface area contributed by atoms with Gasteiger partial charge in [0.2, 0.25) is 0 Å². The predicted molar refractivity (Wildman–Crippen MR) is 75.5 cm³/mol. The molecule has 1 aliphatic carbocycles. The summed E-state index contributed by atoms with van der Waals surface area (Å²) in [7, 11) is 0. The van der Waals surface area contributed by atoms with Gasteiger partial charge in [0.15, 0.2) is 0 Å². The second kappa shape index (κ2) is 5.14. The average molecular weight is 255 g/mol. The monoisotopic (exact) mass is 255 g/mol. The van der Waals surface area contributed by atoms with Crippen LogP contribution < -0.4 is 5.32 Å². The molecule has 1 nitrogen and oxygen atoms in total. The van der Waals surface area contributed by atoms with Gasteiger partial charge in [-0.25, -0.2) is 4.39 Å². The molecular formula is C17H18FN. The Balaban J connectivity index is 1.76. The van der Waals surface area contributed by atoms with Crippen LogP contribution in [0.2, 0.25) is 0 Å². The van der Waals surface area contributed by atoms with Crippen LogP contribution in [0.25, 0.3) is 0 Å². The van der Waals surface area contributed by atoms with Gasteiger partial charge < -0.3 is 5.32 Å². The fourth-order valence-corrected chi connectivity index (χ4v) is 2.90. The van der Waals surface area contributed by atoms with Crippen molar-refractivity contribution >= 4 is 0 Å². The Morgan fingerprint density at radius 1 is 1.16 bits per heavy atom. The smallest absolute Gasteiger partial charge is 0.123 e. The maximum absolute atomic E-state index is 13.2. The summed E-state index contributed by atoms with van der Waals surface area (Å²) in [5.74, 6) is -0.129. The third-order valence-corrected chi connectivity index (χ3v) is 3.93. The first-order valence-electron chi connectivity index (χ1n) is 6.83. The van der Waals surface area contributed by atoms with E-state index in [0.29, 0.717) is 12.1 Å². The van der Waals surface area contributed by atoms with E-state index in [-0.39, 0.29) is 5.82 Å². The highest BCUT2D eigenvalue weighted by atomic mass is 19.1. The van der Waals surface area contributed by atoms with Crippen molar-refractivity contribution in [2.24, 2.45) is 0 Å². The Bertz CT molecular complexity index is 565. The van der Waals surface area contributed by atoms with Gasteiger partial charge in [-0.3, -0.25) is 0 Å². The van der Waals surface area contributed by atoms with E-state index in [1.165, 1.54) is 11.1 Å². The van der Waals surface area contributed by atoms with Crippen molar-refractivity contribution in [2.45, 2.75) is 31.8 Å². The molecule has 2 heteroatoms. The number of hydrogen-bond donors (Lipinski definition) is 1. The Morgan fingerprint density at radius 3 is 2.74 bits per heavy atom. The van der Waals surface area contributed by atoms with Crippen molar-refractivity contribution in [1.82, 2.24) is 5.32 Å². The number of rotatable bonds is 3. The minimum atomic E-state index is -0.129. The van der Waals surface area contributed by atoms with Gasteiger partial charge >= 0.3 is 0 Å². The van der Waals surface area contributed by atoms with E-state index in [0.717, 1.165) is 18.4 Å². The van der Waals surface area contributed by atoms with Gasteiger partial charge in [0.05, 0.1) is 0 Å². The predicted octanol–water partition coefficient (Wildman–Crippen LogP) is 4.16. The lowest BCUT2D eigenvalue weighted by Gasteiger charge is -2.20. The van der Waals surface area contributed by atoms with Crippen molar-refractivity contribution in [2.75, 3.05) is 0 Å². The summed E-state index contributed by atoms with van der Waals surface area (Å²) in [5.41, 5.74) is 3.69. The van der Waals surface area contributed by atoms with E-state index in [9.17, 15) is 4.39 Å². The first-order valence-corrected chi connectivity index (χ1v) is 6.83. The minimum Gasteiger partial charge on any atom is -0.303 e. The zero-order chi connectivity index (χ0) is 13.2. The lowest BCUT2D eigenvalue weighted by atomic mass is 10.0. The lowest BCUT2D eigenvalue weighted by Crippen LogP contribution is -2.22. The SMILES string of the molecule is C[C@H](NC1CCc2cc(F)ccc21)c1ccccc1. The van der Waals surface area contributed by atoms with E-state index in [2.05, 4.69) is 36.5 Å². The van der Waals surface area contributed by atoms with Gasteiger partial charge in [-0.15, -0.1) is 0 Å². The molecule has 0 radical (unpaired) electrons. The first-order chi connectivity index (χ1) is 9.24. The molecule has 1 N–H and O–H groups in total. The Labute approximate surface area is 113 Å². The van der Waals surface area contributed by atoms with E-state index in [4.69, 9.17) is 0 Å². The van der Waals surface area contributed by atoms with Crippen LogP contribution in [0, 0.1) is 5.82 Å². The molecule has 1 unspecified atom stereocenters. The molecule has 2 aromatic rings. The van der Waals surface area contributed by atoms with E-state index in [1.54, 1.807) is 12.1 Å². The van der Waals surface area contributed by atoms with Gasteiger partial charge in [-0.05, 0) is 48.6 Å². The Hall–Kier alpha value is -1.67. The second-order valence-corrected chi connectivity index (χ2v) is 5.23. The van der Waals surface area contributed by atoms with Gasteiger partial charge in [0.1, 0.15) is 5.82 Å². The van der Waals surface area contributed by atoms with Crippen LogP contribution in [-0.2, 0) is 6.42 Å². The normalized spacial score (nSPS) is 19.2. The maximum Gasteiger partial charge on any atom is 0.123 e. The zero-order valence-electron chi connectivity index (χ0n) is 11.1.